The third-order valence-electron chi connectivity index (χ3n) is 5.62. The molecule has 3 unspecified atom stereocenters. The maximum absolute atomic E-state index is 9.99. The molecule has 2 saturated heterocycles. The van der Waals surface area contributed by atoms with Crippen LogP contribution in [0.1, 0.15) is 31.7 Å². The highest BCUT2D eigenvalue weighted by molar-refractivity contribution is 5.25. The summed E-state index contributed by atoms with van der Waals surface area (Å²) in [5.74, 6) is 0. The molecular formula is C18H28N2O. The van der Waals surface area contributed by atoms with Crippen LogP contribution in [-0.2, 0) is 5.41 Å². The van der Waals surface area contributed by atoms with Gasteiger partial charge in [-0.2, -0.15) is 0 Å². The Balaban J connectivity index is 1.72. The van der Waals surface area contributed by atoms with Gasteiger partial charge in [-0.3, -0.25) is 4.90 Å². The van der Waals surface area contributed by atoms with E-state index in [1.165, 1.54) is 24.8 Å². The molecule has 2 bridgehead atoms. The smallest absolute Gasteiger partial charge is 0.0537 e. The van der Waals surface area contributed by atoms with E-state index in [1.807, 2.05) is 6.07 Å². The minimum Gasteiger partial charge on any atom is -0.395 e. The van der Waals surface area contributed by atoms with Gasteiger partial charge >= 0.3 is 0 Å². The Hall–Kier alpha value is -0.900. The highest BCUT2D eigenvalue weighted by atomic mass is 16.3. The molecule has 2 heterocycles. The van der Waals surface area contributed by atoms with Gasteiger partial charge in [0.2, 0.25) is 0 Å². The van der Waals surface area contributed by atoms with Crippen molar-refractivity contribution in [1.29, 1.82) is 0 Å². The molecule has 0 aliphatic carbocycles. The van der Waals surface area contributed by atoms with E-state index in [0.29, 0.717) is 6.04 Å². The van der Waals surface area contributed by atoms with Crippen LogP contribution in [0, 0.1) is 0 Å². The van der Waals surface area contributed by atoms with Crippen LogP contribution in [-0.4, -0.2) is 60.3 Å². The second kappa shape index (κ2) is 6.07. The van der Waals surface area contributed by atoms with E-state index in [4.69, 9.17) is 0 Å². The van der Waals surface area contributed by atoms with Gasteiger partial charge in [0.25, 0.3) is 0 Å². The van der Waals surface area contributed by atoms with Crippen molar-refractivity contribution in [1.82, 2.24) is 9.80 Å². The first-order chi connectivity index (χ1) is 10.1. The van der Waals surface area contributed by atoms with Crippen LogP contribution in [0.25, 0.3) is 0 Å². The number of likely N-dealkylation sites (tertiary alicyclic amines) is 1. The number of aliphatic hydroxyl groups is 1. The first kappa shape index (κ1) is 15.0. The number of benzene rings is 1. The monoisotopic (exact) mass is 288 g/mol. The van der Waals surface area contributed by atoms with Gasteiger partial charge in [0, 0.05) is 30.6 Å². The summed E-state index contributed by atoms with van der Waals surface area (Å²) in [4.78, 5) is 5.16. The Bertz CT molecular complexity index is 464. The summed E-state index contributed by atoms with van der Waals surface area (Å²) in [6, 6.07) is 12.0. The number of hydrogen-bond donors (Lipinski definition) is 1. The van der Waals surface area contributed by atoms with Crippen LogP contribution in [0.4, 0.5) is 0 Å². The van der Waals surface area contributed by atoms with Gasteiger partial charge in [0.1, 0.15) is 0 Å². The molecule has 21 heavy (non-hydrogen) atoms. The molecule has 0 saturated carbocycles. The maximum atomic E-state index is 9.99. The molecule has 3 rings (SSSR count). The lowest BCUT2D eigenvalue weighted by Gasteiger charge is -2.35. The molecule has 0 radical (unpaired) electrons. The Morgan fingerprint density at radius 2 is 1.86 bits per heavy atom. The zero-order valence-corrected chi connectivity index (χ0v) is 13.3. The zero-order valence-electron chi connectivity index (χ0n) is 13.3. The van der Waals surface area contributed by atoms with Crippen LogP contribution >= 0.6 is 0 Å². The molecular weight excluding hydrogens is 260 g/mol. The van der Waals surface area contributed by atoms with Crippen LogP contribution in [0.3, 0.4) is 0 Å². The molecule has 0 spiro atoms. The first-order valence-corrected chi connectivity index (χ1v) is 8.23. The summed E-state index contributed by atoms with van der Waals surface area (Å²) >= 11 is 0. The molecule has 3 atom stereocenters. The van der Waals surface area contributed by atoms with E-state index >= 15 is 0 Å². The second-order valence-electron chi connectivity index (χ2n) is 7.16. The molecule has 1 aromatic rings. The molecule has 3 heteroatoms. The van der Waals surface area contributed by atoms with Crippen LogP contribution in [0.5, 0.6) is 0 Å². The molecule has 2 aliphatic heterocycles. The Morgan fingerprint density at radius 1 is 1.14 bits per heavy atom. The number of nitrogens with zero attached hydrogens (tertiary/aromatic N) is 2. The number of hydrogen-bond acceptors (Lipinski definition) is 3. The highest BCUT2D eigenvalue weighted by Gasteiger charge is 2.37. The summed E-state index contributed by atoms with van der Waals surface area (Å²) in [5, 5.41) is 9.99. The number of fused-ring (bicyclic) bond motifs is 2. The van der Waals surface area contributed by atoms with Crippen molar-refractivity contribution >= 4 is 0 Å². The fourth-order valence-corrected chi connectivity index (χ4v) is 4.09. The third-order valence-corrected chi connectivity index (χ3v) is 5.62. The molecule has 3 nitrogen and oxygen atoms in total. The van der Waals surface area contributed by atoms with Crippen molar-refractivity contribution in [2.45, 2.75) is 43.7 Å². The van der Waals surface area contributed by atoms with Crippen LogP contribution in [0.15, 0.2) is 30.3 Å². The van der Waals surface area contributed by atoms with E-state index in [2.05, 4.69) is 48.0 Å². The molecule has 2 fully saturated rings. The zero-order chi connectivity index (χ0) is 14.9. The van der Waals surface area contributed by atoms with Crippen LogP contribution < -0.4 is 0 Å². The summed E-state index contributed by atoms with van der Waals surface area (Å²) in [6.45, 7) is 5.65. The first-order valence-electron chi connectivity index (χ1n) is 8.23. The Labute approximate surface area is 128 Å². The largest absolute Gasteiger partial charge is 0.395 e. The lowest BCUT2D eigenvalue weighted by atomic mass is 9.82. The van der Waals surface area contributed by atoms with E-state index in [-0.39, 0.29) is 12.0 Å². The number of aliphatic hydroxyl groups excluding tert-OH is 1. The minimum absolute atomic E-state index is 0.163. The highest BCUT2D eigenvalue weighted by Crippen LogP contribution is 2.31. The predicted molar refractivity (Wildman–Crippen MR) is 86.5 cm³/mol. The standard InChI is InChI=1S/C18H28N2O/c1-18(14-21,15-6-4-3-5-7-15)13-20-11-10-16-8-9-17(12-20)19(16)2/h3-7,16-17,21H,8-14H2,1-2H3. The SMILES string of the molecule is CN1C2CCC1CN(CC(C)(CO)c1ccccc1)CC2. The van der Waals surface area contributed by atoms with Crippen molar-refractivity contribution < 1.29 is 5.11 Å². The molecule has 0 aromatic heterocycles. The summed E-state index contributed by atoms with van der Waals surface area (Å²) < 4.78 is 0. The molecule has 116 valence electrons. The van der Waals surface area contributed by atoms with Gasteiger partial charge in [-0.1, -0.05) is 37.3 Å². The third kappa shape index (κ3) is 3.01. The van der Waals surface area contributed by atoms with Crippen molar-refractivity contribution in [2.24, 2.45) is 0 Å². The van der Waals surface area contributed by atoms with Gasteiger partial charge in [-0.25, -0.2) is 0 Å². The van der Waals surface area contributed by atoms with E-state index in [9.17, 15) is 5.11 Å². The summed E-state index contributed by atoms with van der Waals surface area (Å²) in [5.41, 5.74) is 1.08. The topological polar surface area (TPSA) is 26.7 Å². The average molecular weight is 288 g/mol. The fraction of sp³-hybridized carbons (Fsp3) is 0.667. The van der Waals surface area contributed by atoms with Gasteiger partial charge in [-0.15, -0.1) is 0 Å². The molecule has 1 aromatic carbocycles. The fourth-order valence-electron chi connectivity index (χ4n) is 4.09. The second-order valence-corrected chi connectivity index (χ2v) is 7.16. The van der Waals surface area contributed by atoms with E-state index in [1.54, 1.807) is 0 Å². The maximum Gasteiger partial charge on any atom is 0.0537 e. The van der Waals surface area contributed by atoms with Gasteiger partial charge < -0.3 is 10.0 Å². The predicted octanol–water partition coefficient (Wildman–Crippen LogP) is 2.11. The molecule has 0 amide bonds. The lowest BCUT2D eigenvalue weighted by molar-refractivity contribution is 0.135. The number of likely N-dealkylation sites (N-methyl/N-ethyl adjacent to an activating group) is 1. The summed E-state index contributed by atoms with van der Waals surface area (Å²) in [6.07, 6.45) is 3.97. The minimum atomic E-state index is -0.163. The molecule has 2 aliphatic rings. The number of rotatable bonds is 4. The van der Waals surface area contributed by atoms with Crippen molar-refractivity contribution in [2.75, 3.05) is 33.3 Å². The van der Waals surface area contributed by atoms with E-state index < -0.39 is 0 Å². The van der Waals surface area contributed by atoms with Crippen LogP contribution in [0.2, 0.25) is 0 Å². The quantitative estimate of drug-likeness (QED) is 0.919. The van der Waals surface area contributed by atoms with E-state index in [0.717, 1.165) is 25.7 Å². The van der Waals surface area contributed by atoms with Crippen molar-refractivity contribution in [3.05, 3.63) is 35.9 Å². The Kier molecular flexibility index (Phi) is 4.34. The average Bonchev–Trinajstić information content (AvgIpc) is 2.76. The Morgan fingerprint density at radius 3 is 2.57 bits per heavy atom. The van der Waals surface area contributed by atoms with Crippen molar-refractivity contribution in [3.8, 4) is 0 Å². The lowest BCUT2D eigenvalue weighted by Crippen LogP contribution is -2.45. The van der Waals surface area contributed by atoms with Crippen molar-refractivity contribution in [3.63, 3.8) is 0 Å². The van der Waals surface area contributed by atoms with Gasteiger partial charge in [-0.05, 0) is 38.4 Å². The van der Waals surface area contributed by atoms with Gasteiger partial charge in [0.15, 0.2) is 0 Å². The molecule has 1 N–H and O–H groups in total. The van der Waals surface area contributed by atoms with Gasteiger partial charge in [0.05, 0.1) is 6.61 Å². The summed E-state index contributed by atoms with van der Waals surface area (Å²) in [7, 11) is 2.29. The normalized spacial score (nSPS) is 30.0.